The number of hydrogen-bond acceptors (Lipinski definition) is 5. The summed E-state index contributed by atoms with van der Waals surface area (Å²) in [7, 11) is 0. The molecule has 1 fully saturated rings. The molecule has 2 amide bonds. The lowest BCUT2D eigenvalue weighted by molar-refractivity contribution is -0.127. The Morgan fingerprint density at radius 3 is 2.85 bits per heavy atom. The molecule has 26 heavy (non-hydrogen) atoms. The number of hydrogen-bond donors (Lipinski definition) is 3. The number of fused-ring (bicyclic) bond motifs is 3. The van der Waals surface area contributed by atoms with E-state index in [2.05, 4.69) is 29.5 Å². The van der Waals surface area contributed by atoms with Gasteiger partial charge in [0.2, 0.25) is 5.91 Å². The highest BCUT2D eigenvalue weighted by atomic mass is 16.4. The summed E-state index contributed by atoms with van der Waals surface area (Å²) in [6, 6.07) is 1.60. The van der Waals surface area contributed by atoms with Crippen LogP contribution in [-0.2, 0) is 9.59 Å². The molecule has 138 valence electrons. The van der Waals surface area contributed by atoms with Gasteiger partial charge in [-0.1, -0.05) is 19.9 Å². The Morgan fingerprint density at radius 1 is 1.42 bits per heavy atom. The number of ketones is 1. The average molecular weight is 358 g/mol. The minimum absolute atomic E-state index is 0.165. The molecular weight excluding hydrogens is 336 g/mol. The van der Waals surface area contributed by atoms with Crippen LogP contribution in [0.25, 0.3) is 0 Å². The Balaban J connectivity index is 1.97. The van der Waals surface area contributed by atoms with Gasteiger partial charge in [0, 0.05) is 35.5 Å². The fourth-order valence-corrected chi connectivity index (χ4v) is 3.40. The number of pyridine rings is 1. The average Bonchev–Trinajstić information content (AvgIpc) is 2.79. The van der Waals surface area contributed by atoms with Gasteiger partial charge in [-0.25, -0.2) is 9.78 Å². The van der Waals surface area contributed by atoms with Crippen LogP contribution in [0.4, 0.5) is 10.6 Å². The van der Waals surface area contributed by atoms with Gasteiger partial charge >= 0.3 is 6.09 Å². The second kappa shape index (κ2) is 6.44. The summed E-state index contributed by atoms with van der Waals surface area (Å²) in [6.07, 6.45) is 2.84. The third kappa shape index (κ3) is 3.14. The minimum Gasteiger partial charge on any atom is -0.465 e. The summed E-state index contributed by atoms with van der Waals surface area (Å²) in [5, 5.41) is 13.5. The lowest BCUT2D eigenvalue weighted by Crippen LogP contribution is -2.46. The zero-order valence-electron chi connectivity index (χ0n) is 14.9. The smallest absolute Gasteiger partial charge is 0.405 e. The van der Waals surface area contributed by atoms with Gasteiger partial charge in [0.05, 0.1) is 0 Å². The molecule has 0 aromatic carbocycles. The first-order valence-electron chi connectivity index (χ1n) is 8.49. The van der Waals surface area contributed by atoms with Gasteiger partial charge in [-0.3, -0.25) is 9.59 Å². The molecule has 3 rings (SSSR count). The van der Waals surface area contributed by atoms with Gasteiger partial charge in [-0.2, -0.15) is 0 Å². The third-order valence-electron chi connectivity index (χ3n) is 4.91. The van der Waals surface area contributed by atoms with Crippen molar-refractivity contribution in [2.75, 3.05) is 11.4 Å². The number of nitrogens with zero attached hydrogens (tertiary/aromatic N) is 2. The Hall–Kier alpha value is -2.90. The van der Waals surface area contributed by atoms with Crippen LogP contribution < -0.4 is 15.5 Å². The first-order chi connectivity index (χ1) is 12.2. The van der Waals surface area contributed by atoms with Crippen LogP contribution in [0.2, 0.25) is 0 Å². The van der Waals surface area contributed by atoms with E-state index in [4.69, 9.17) is 5.11 Å². The molecule has 3 N–H and O–H groups in total. The molecule has 0 aliphatic carbocycles. The van der Waals surface area contributed by atoms with E-state index in [9.17, 15) is 14.4 Å². The van der Waals surface area contributed by atoms with Gasteiger partial charge in [0.15, 0.2) is 5.78 Å². The summed E-state index contributed by atoms with van der Waals surface area (Å²) in [5.41, 5.74) is 1.33. The Bertz CT molecular complexity index is 802. The van der Waals surface area contributed by atoms with Crippen molar-refractivity contribution in [3.63, 3.8) is 0 Å². The van der Waals surface area contributed by atoms with Gasteiger partial charge < -0.3 is 20.6 Å². The number of nitrogens with one attached hydrogen (secondary N) is 2. The van der Waals surface area contributed by atoms with Crippen molar-refractivity contribution in [3.05, 3.63) is 35.7 Å². The van der Waals surface area contributed by atoms with Crippen molar-refractivity contribution in [1.29, 1.82) is 0 Å². The zero-order chi connectivity index (χ0) is 19.1. The van der Waals surface area contributed by atoms with Crippen LogP contribution in [0.15, 0.2) is 30.1 Å². The first kappa shape index (κ1) is 17.9. The standard InChI is InChI=1S/C18H22N4O4/c1-10(20-17(25)26)16(24)21-14-11-5-4-7-19-15(11)22-8-6-18(2,3)13(22)9-12(14)23/h4-5,7,9-10,14,20H,6,8H2,1-3H3,(H,21,24)(H,25,26)/t10-,14?/m0/s1. The molecule has 1 saturated heterocycles. The molecule has 2 aliphatic heterocycles. The predicted octanol–water partition coefficient (Wildman–Crippen LogP) is 1.60. The SMILES string of the molecule is C[C@H](NC(=O)O)C(=O)NC1C(=O)C=C2N(CCC2(C)C)c2ncccc21. The van der Waals surface area contributed by atoms with Crippen LogP contribution in [0, 0.1) is 5.41 Å². The summed E-state index contributed by atoms with van der Waals surface area (Å²) < 4.78 is 0. The van der Waals surface area contributed by atoms with Crippen LogP contribution in [0.1, 0.15) is 38.8 Å². The molecule has 0 spiro atoms. The molecule has 2 aliphatic rings. The third-order valence-corrected chi connectivity index (χ3v) is 4.91. The summed E-state index contributed by atoms with van der Waals surface area (Å²) in [5.74, 6) is -0.165. The Labute approximate surface area is 151 Å². The van der Waals surface area contributed by atoms with Crippen molar-refractivity contribution >= 4 is 23.6 Å². The molecule has 1 aromatic rings. The number of anilines is 1. The first-order valence-corrected chi connectivity index (χ1v) is 8.49. The highest BCUT2D eigenvalue weighted by molar-refractivity contribution is 6.01. The number of amides is 2. The highest BCUT2D eigenvalue weighted by Crippen LogP contribution is 2.45. The van der Waals surface area contributed by atoms with Gasteiger partial charge in [0.1, 0.15) is 17.9 Å². The van der Waals surface area contributed by atoms with Crippen LogP contribution in [0.5, 0.6) is 0 Å². The maximum atomic E-state index is 12.9. The normalized spacial score (nSPS) is 21.8. The predicted molar refractivity (Wildman–Crippen MR) is 94.6 cm³/mol. The maximum absolute atomic E-state index is 12.9. The van der Waals surface area contributed by atoms with Gasteiger partial charge in [-0.15, -0.1) is 0 Å². The van der Waals surface area contributed by atoms with Crippen molar-refractivity contribution in [3.8, 4) is 0 Å². The topological polar surface area (TPSA) is 112 Å². The zero-order valence-corrected chi connectivity index (χ0v) is 14.9. The van der Waals surface area contributed by atoms with Gasteiger partial charge in [0.25, 0.3) is 0 Å². The molecule has 0 radical (unpaired) electrons. The Morgan fingerprint density at radius 2 is 2.15 bits per heavy atom. The fourth-order valence-electron chi connectivity index (χ4n) is 3.40. The quantitative estimate of drug-likeness (QED) is 0.757. The second-order valence-corrected chi connectivity index (χ2v) is 7.25. The minimum atomic E-state index is -1.30. The number of rotatable bonds is 3. The maximum Gasteiger partial charge on any atom is 0.405 e. The lowest BCUT2D eigenvalue weighted by Gasteiger charge is -2.25. The van der Waals surface area contributed by atoms with Crippen molar-refractivity contribution in [2.45, 2.75) is 39.3 Å². The van der Waals surface area contributed by atoms with Crippen molar-refractivity contribution < 1.29 is 19.5 Å². The molecule has 8 heteroatoms. The molecule has 2 atom stereocenters. The van der Waals surface area contributed by atoms with Gasteiger partial charge in [-0.05, 0) is 19.4 Å². The van der Waals surface area contributed by atoms with E-state index < -0.39 is 24.1 Å². The molecule has 1 aromatic heterocycles. The molecule has 8 nitrogen and oxygen atoms in total. The number of carbonyl (C=O) groups excluding carboxylic acids is 2. The van der Waals surface area contributed by atoms with E-state index in [0.717, 1.165) is 18.7 Å². The van der Waals surface area contributed by atoms with E-state index in [-0.39, 0.29) is 11.2 Å². The van der Waals surface area contributed by atoms with Crippen molar-refractivity contribution in [2.24, 2.45) is 5.41 Å². The highest BCUT2D eigenvalue weighted by Gasteiger charge is 2.41. The van der Waals surface area contributed by atoms with Crippen LogP contribution >= 0.6 is 0 Å². The number of carbonyl (C=O) groups is 3. The van der Waals surface area contributed by atoms with E-state index >= 15 is 0 Å². The van der Waals surface area contributed by atoms with Crippen LogP contribution in [0.3, 0.4) is 0 Å². The number of carboxylic acid groups (broad SMARTS) is 1. The Kier molecular flexibility index (Phi) is 4.43. The molecule has 3 heterocycles. The van der Waals surface area contributed by atoms with Crippen molar-refractivity contribution in [1.82, 2.24) is 15.6 Å². The summed E-state index contributed by atoms with van der Waals surface area (Å²) in [4.78, 5) is 42.5. The fraction of sp³-hybridized carbons (Fsp3) is 0.444. The monoisotopic (exact) mass is 358 g/mol. The van der Waals surface area contributed by atoms with E-state index in [1.165, 1.54) is 6.92 Å². The molecule has 1 unspecified atom stereocenters. The number of allylic oxidation sites excluding steroid dienone is 1. The lowest BCUT2D eigenvalue weighted by atomic mass is 9.88. The molecular formula is C18H22N4O4. The summed E-state index contributed by atoms with van der Waals surface area (Å²) in [6.45, 7) is 6.32. The van der Waals surface area contributed by atoms with Crippen LogP contribution in [-0.4, -0.2) is 40.5 Å². The van der Waals surface area contributed by atoms with E-state index in [1.807, 2.05) is 4.90 Å². The number of aromatic nitrogens is 1. The van der Waals surface area contributed by atoms with E-state index in [0.29, 0.717) is 11.4 Å². The molecule has 0 saturated carbocycles. The second-order valence-electron chi connectivity index (χ2n) is 7.25. The largest absolute Gasteiger partial charge is 0.465 e. The van der Waals surface area contributed by atoms with E-state index in [1.54, 1.807) is 24.4 Å². The molecule has 0 bridgehead atoms. The summed E-state index contributed by atoms with van der Waals surface area (Å²) >= 11 is 0.